The molecule has 9 nitrogen and oxygen atoms in total. The van der Waals surface area contributed by atoms with Gasteiger partial charge in [-0.15, -0.1) is 0 Å². The Bertz CT molecular complexity index is 461. The van der Waals surface area contributed by atoms with E-state index in [9.17, 15) is 24.3 Å². The van der Waals surface area contributed by atoms with Crippen LogP contribution in [0.15, 0.2) is 0 Å². The molecule has 1 unspecified atom stereocenters. The number of esters is 4. The van der Waals surface area contributed by atoms with Crippen LogP contribution in [-0.4, -0.2) is 61.0 Å². The zero-order valence-corrected chi connectivity index (χ0v) is 14.9. The first-order valence-corrected chi connectivity index (χ1v) is 8.15. The minimum atomic E-state index is -2.43. The van der Waals surface area contributed by atoms with Crippen molar-refractivity contribution in [2.45, 2.75) is 52.1 Å². The quantitative estimate of drug-likeness (QED) is 0.300. The molecule has 0 bridgehead atoms. The van der Waals surface area contributed by atoms with Gasteiger partial charge in [-0.2, -0.15) is 0 Å². The lowest BCUT2D eigenvalue weighted by molar-refractivity contribution is -0.178. The van der Waals surface area contributed by atoms with Crippen molar-refractivity contribution in [3.05, 3.63) is 0 Å². The van der Waals surface area contributed by atoms with E-state index in [1.807, 2.05) is 6.92 Å². The van der Waals surface area contributed by atoms with Gasteiger partial charge in [0.05, 0.1) is 32.7 Å². The van der Waals surface area contributed by atoms with Crippen LogP contribution >= 0.6 is 0 Å². The van der Waals surface area contributed by atoms with E-state index in [0.29, 0.717) is 6.42 Å². The summed E-state index contributed by atoms with van der Waals surface area (Å²) >= 11 is 0. The summed E-state index contributed by atoms with van der Waals surface area (Å²) < 4.78 is 18.8. The van der Waals surface area contributed by atoms with Gasteiger partial charge in [-0.3, -0.25) is 9.59 Å². The normalized spacial score (nSPS) is 12.6. The maximum Gasteiger partial charge on any atom is 0.344 e. The van der Waals surface area contributed by atoms with Crippen molar-refractivity contribution in [3.8, 4) is 0 Å². The van der Waals surface area contributed by atoms with Gasteiger partial charge in [0, 0.05) is 0 Å². The zero-order valence-electron chi connectivity index (χ0n) is 14.9. The van der Waals surface area contributed by atoms with Crippen LogP contribution in [0.5, 0.6) is 0 Å². The van der Waals surface area contributed by atoms with Crippen LogP contribution in [0.2, 0.25) is 0 Å². The molecule has 0 heterocycles. The summed E-state index contributed by atoms with van der Waals surface area (Å²) in [7, 11) is 0. The van der Waals surface area contributed by atoms with Crippen molar-refractivity contribution in [3.63, 3.8) is 0 Å². The van der Waals surface area contributed by atoms with Crippen LogP contribution in [0.3, 0.4) is 0 Å². The Morgan fingerprint density at radius 2 is 1.36 bits per heavy atom. The molecule has 0 rings (SSSR count). The minimum absolute atomic E-state index is 0.0474. The Labute approximate surface area is 146 Å². The summed E-state index contributed by atoms with van der Waals surface area (Å²) in [6.07, 6.45) is -0.0993. The maximum absolute atomic E-state index is 11.9. The minimum Gasteiger partial charge on any atom is -0.466 e. The van der Waals surface area contributed by atoms with Gasteiger partial charge in [0.1, 0.15) is 0 Å². The molecule has 0 saturated heterocycles. The van der Waals surface area contributed by atoms with Gasteiger partial charge in [-0.05, 0) is 20.3 Å². The second-order valence-electron chi connectivity index (χ2n) is 5.15. The Hall–Kier alpha value is -2.16. The molecule has 0 aliphatic rings. The van der Waals surface area contributed by atoms with E-state index in [4.69, 9.17) is 4.74 Å². The topological polar surface area (TPSA) is 125 Å². The highest BCUT2D eigenvalue weighted by molar-refractivity contribution is 5.90. The van der Waals surface area contributed by atoms with Crippen molar-refractivity contribution in [1.29, 1.82) is 0 Å². The molecule has 25 heavy (non-hydrogen) atoms. The van der Waals surface area contributed by atoms with Gasteiger partial charge in [0.25, 0.3) is 0 Å². The van der Waals surface area contributed by atoms with Crippen molar-refractivity contribution in [2.75, 3.05) is 26.4 Å². The fourth-order valence-electron chi connectivity index (χ4n) is 1.72. The molecule has 0 aliphatic heterocycles. The molecular formula is C16H26O9. The van der Waals surface area contributed by atoms with E-state index >= 15 is 0 Å². The van der Waals surface area contributed by atoms with Crippen LogP contribution < -0.4 is 0 Å². The maximum atomic E-state index is 11.9. The Morgan fingerprint density at radius 1 is 0.800 bits per heavy atom. The fraction of sp³-hybridized carbons (Fsp3) is 0.750. The van der Waals surface area contributed by atoms with Gasteiger partial charge in [-0.1, -0.05) is 13.3 Å². The molecule has 144 valence electrons. The average Bonchev–Trinajstić information content (AvgIpc) is 2.53. The summed E-state index contributed by atoms with van der Waals surface area (Å²) in [6, 6.07) is 0. The van der Waals surface area contributed by atoms with Crippen LogP contribution in [0.25, 0.3) is 0 Å². The lowest BCUT2D eigenvalue weighted by atomic mass is 9.95. The van der Waals surface area contributed by atoms with Gasteiger partial charge in [0.2, 0.25) is 0 Å². The van der Waals surface area contributed by atoms with Crippen LogP contribution in [-0.2, 0) is 38.1 Å². The third-order valence-electron chi connectivity index (χ3n) is 2.95. The standard InChI is InChI=1S/C16H26O9/c1-4-7-8-24-14(19)11-25-13(18)10-16(21,15(20)23-6-3)9-12(17)22-5-2/h21H,4-11H2,1-3H3. The molecule has 0 aliphatic carbocycles. The second kappa shape index (κ2) is 12.2. The first-order valence-electron chi connectivity index (χ1n) is 8.15. The number of rotatable bonds is 12. The zero-order chi connectivity index (χ0) is 19.3. The van der Waals surface area contributed by atoms with E-state index in [1.165, 1.54) is 6.92 Å². The monoisotopic (exact) mass is 362 g/mol. The lowest BCUT2D eigenvalue weighted by Gasteiger charge is -2.23. The molecule has 0 fully saturated rings. The molecule has 1 atom stereocenters. The number of hydrogen-bond acceptors (Lipinski definition) is 9. The number of aliphatic hydroxyl groups is 1. The molecule has 0 aromatic carbocycles. The molecule has 0 radical (unpaired) electrons. The van der Waals surface area contributed by atoms with Crippen molar-refractivity contribution in [2.24, 2.45) is 0 Å². The highest BCUT2D eigenvalue weighted by Crippen LogP contribution is 2.19. The van der Waals surface area contributed by atoms with Gasteiger partial charge >= 0.3 is 23.9 Å². The van der Waals surface area contributed by atoms with E-state index in [1.54, 1.807) is 6.92 Å². The van der Waals surface area contributed by atoms with Gasteiger partial charge in [-0.25, -0.2) is 9.59 Å². The second-order valence-corrected chi connectivity index (χ2v) is 5.15. The van der Waals surface area contributed by atoms with Gasteiger partial charge < -0.3 is 24.1 Å². The van der Waals surface area contributed by atoms with Crippen LogP contribution in [0.1, 0.15) is 46.5 Å². The molecule has 0 amide bonds. The third kappa shape index (κ3) is 9.65. The average molecular weight is 362 g/mol. The molecule has 0 saturated carbocycles. The van der Waals surface area contributed by atoms with Crippen molar-refractivity contribution in [1.82, 2.24) is 0 Å². The predicted molar refractivity (Wildman–Crippen MR) is 84.3 cm³/mol. The number of carbonyl (C=O) groups excluding carboxylic acids is 4. The summed E-state index contributed by atoms with van der Waals surface area (Å²) in [5.74, 6) is -3.81. The summed E-state index contributed by atoms with van der Waals surface area (Å²) in [5, 5.41) is 10.3. The summed E-state index contributed by atoms with van der Waals surface area (Å²) in [5.41, 5.74) is -2.43. The van der Waals surface area contributed by atoms with Crippen LogP contribution in [0, 0.1) is 0 Å². The number of unbranched alkanes of at least 4 members (excludes halogenated alkanes) is 1. The van der Waals surface area contributed by atoms with Crippen molar-refractivity contribution < 1.29 is 43.2 Å². The third-order valence-corrected chi connectivity index (χ3v) is 2.95. The molecule has 0 aromatic heterocycles. The SMILES string of the molecule is CCCCOC(=O)COC(=O)CC(O)(CC(=O)OCC)C(=O)OCC. The smallest absolute Gasteiger partial charge is 0.344 e. The Kier molecular flexibility index (Phi) is 11.2. The molecule has 1 N–H and O–H groups in total. The lowest BCUT2D eigenvalue weighted by Crippen LogP contribution is -2.45. The fourth-order valence-corrected chi connectivity index (χ4v) is 1.72. The van der Waals surface area contributed by atoms with E-state index in [0.717, 1.165) is 6.42 Å². The first kappa shape index (κ1) is 22.8. The number of hydrogen-bond donors (Lipinski definition) is 1. The molecule has 0 aromatic rings. The Balaban J connectivity index is 4.67. The first-order chi connectivity index (χ1) is 11.8. The highest BCUT2D eigenvalue weighted by Gasteiger charge is 2.43. The molecule has 9 heteroatoms. The van der Waals surface area contributed by atoms with E-state index < -0.39 is 48.9 Å². The largest absolute Gasteiger partial charge is 0.466 e. The summed E-state index contributed by atoms with van der Waals surface area (Å²) in [4.78, 5) is 46.6. The van der Waals surface area contributed by atoms with Crippen molar-refractivity contribution >= 4 is 23.9 Å². The predicted octanol–water partition coefficient (Wildman–Crippen LogP) is 0.510. The number of ether oxygens (including phenoxy) is 4. The van der Waals surface area contributed by atoms with E-state index in [-0.39, 0.29) is 19.8 Å². The molecule has 0 spiro atoms. The van der Waals surface area contributed by atoms with Gasteiger partial charge in [0.15, 0.2) is 12.2 Å². The Morgan fingerprint density at radius 3 is 1.88 bits per heavy atom. The summed E-state index contributed by atoms with van der Waals surface area (Å²) in [6.45, 7) is 4.54. The van der Waals surface area contributed by atoms with E-state index in [2.05, 4.69) is 14.2 Å². The van der Waals surface area contributed by atoms with Crippen LogP contribution in [0.4, 0.5) is 0 Å². The molecular weight excluding hydrogens is 336 g/mol. The highest BCUT2D eigenvalue weighted by atomic mass is 16.6. The number of carbonyl (C=O) groups is 4.